The van der Waals surface area contributed by atoms with Crippen molar-refractivity contribution in [1.29, 1.82) is 0 Å². The van der Waals surface area contributed by atoms with Gasteiger partial charge in [0.1, 0.15) is 5.69 Å². The molecule has 5 heteroatoms. The van der Waals surface area contributed by atoms with Gasteiger partial charge in [0.25, 0.3) is 0 Å². The SMILES string of the molecule is Cc1cnc(C(=O)c2csc(C)n2)nc1. The molecule has 0 saturated carbocycles. The van der Waals surface area contributed by atoms with E-state index in [1.165, 1.54) is 11.3 Å². The quantitative estimate of drug-likeness (QED) is 0.722. The van der Waals surface area contributed by atoms with Gasteiger partial charge in [-0.05, 0) is 19.4 Å². The highest BCUT2D eigenvalue weighted by atomic mass is 32.1. The van der Waals surface area contributed by atoms with Gasteiger partial charge in [-0.3, -0.25) is 4.79 Å². The van der Waals surface area contributed by atoms with Crippen molar-refractivity contribution in [3.63, 3.8) is 0 Å². The van der Waals surface area contributed by atoms with Gasteiger partial charge in [-0.2, -0.15) is 0 Å². The van der Waals surface area contributed by atoms with E-state index < -0.39 is 0 Å². The van der Waals surface area contributed by atoms with Gasteiger partial charge in [0, 0.05) is 17.8 Å². The maximum Gasteiger partial charge on any atom is 0.249 e. The number of rotatable bonds is 2. The Kier molecular flexibility index (Phi) is 2.55. The molecule has 2 aromatic heterocycles. The van der Waals surface area contributed by atoms with E-state index in [0.29, 0.717) is 5.69 Å². The predicted molar refractivity (Wildman–Crippen MR) is 57.1 cm³/mol. The first kappa shape index (κ1) is 9.92. The Bertz CT molecular complexity index is 490. The Labute approximate surface area is 91.0 Å². The van der Waals surface area contributed by atoms with Crippen LogP contribution in [0.2, 0.25) is 0 Å². The van der Waals surface area contributed by atoms with Gasteiger partial charge in [0.2, 0.25) is 11.6 Å². The molecule has 2 rings (SSSR count). The van der Waals surface area contributed by atoms with Crippen molar-refractivity contribution >= 4 is 17.1 Å². The van der Waals surface area contributed by atoms with Crippen LogP contribution in [0.25, 0.3) is 0 Å². The Morgan fingerprint density at radius 2 is 1.93 bits per heavy atom. The minimum Gasteiger partial charge on any atom is -0.283 e. The number of ketones is 1. The van der Waals surface area contributed by atoms with Crippen LogP contribution in [0.4, 0.5) is 0 Å². The van der Waals surface area contributed by atoms with E-state index >= 15 is 0 Å². The van der Waals surface area contributed by atoms with E-state index in [1.54, 1.807) is 17.8 Å². The molecule has 0 saturated heterocycles. The van der Waals surface area contributed by atoms with Crippen LogP contribution in [0.5, 0.6) is 0 Å². The summed E-state index contributed by atoms with van der Waals surface area (Å²) in [6.07, 6.45) is 3.25. The second kappa shape index (κ2) is 3.86. The molecule has 2 heterocycles. The van der Waals surface area contributed by atoms with Crippen LogP contribution < -0.4 is 0 Å². The molecule has 0 fully saturated rings. The second-order valence-corrected chi connectivity index (χ2v) is 4.23. The summed E-state index contributed by atoms with van der Waals surface area (Å²) in [7, 11) is 0. The zero-order chi connectivity index (χ0) is 10.8. The van der Waals surface area contributed by atoms with E-state index in [-0.39, 0.29) is 11.6 Å². The van der Waals surface area contributed by atoms with Crippen molar-refractivity contribution in [1.82, 2.24) is 15.0 Å². The fourth-order valence-electron chi connectivity index (χ4n) is 1.09. The standard InChI is InChI=1S/C10H9N3OS/c1-6-3-11-10(12-4-6)9(14)8-5-15-7(2)13-8/h3-5H,1-2H3. The normalized spacial score (nSPS) is 10.3. The number of hydrogen-bond donors (Lipinski definition) is 0. The van der Waals surface area contributed by atoms with Crippen molar-refractivity contribution in [3.8, 4) is 0 Å². The van der Waals surface area contributed by atoms with Crippen LogP contribution >= 0.6 is 11.3 Å². The first-order chi connectivity index (χ1) is 7.16. The molecule has 0 aromatic carbocycles. The monoisotopic (exact) mass is 219 g/mol. The van der Waals surface area contributed by atoms with Crippen LogP contribution in [0.15, 0.2) is 17.8 Å². The van der Waals surface area contributed by atoms with E-state index in [0.717, 1.165) is 10.6 Å². The summed E-state index contributed by atoms with van der Waals surface area (Å²) in [5, 5.41) is 2.59. The van der Waals surface area contributed by atoms with Gasteiger partial charge in [0.15, 0.2) is 0 Å². The molecular weight excluding hydrogens is 210 g/mol. The molecule has 0 aliphatic carbocycles. The molecule has 0 amide bonds. The Morgan fingerprint density at radius 1 is 1.27 bits per heavy atom. The van der Waals surface area contributed by atoms with Gasteiger partial charge in [-0.25, -0.2) is 15.0 Å². The highest BCUT2D eigenvalue weighted by molar-refractivity contribution is 7.09. The van der Waals surface area contributed by atoms with Crippen LogP contribution in [0, 0.1) is 13.8 Å². The Balaban J connectivity index is 2.32. The molecule has 0 bridgehead atoms. The molecule has 2 aromatic rings. The minimum absolute atomic E-state index is 0.200. The van der Waals surface area contributed by atoms with Gasteiger partial charge in [0.05, 0.1) is 5.01 Å². The molecule has 15 heavy (non-hydrogen) atoms. The fraction of sp³-hybridized carbons (Fsp3) is 0.200. The van der Waals surface area contributed by atoms with Crippen LogP contribution in [0.1, 0.15) is 26.9 Å². The third-order valence-corrected chi connectivity index (χ3v) is 2.61. The van der Waals surface area contributed by atoms with Crippen molar-refractivity contribution < 1.29 is 4.79 Å². The molecule has 0 unspecified atom stereocenters. The lowest BCUT2D eigenvalue weighted by Gasteiger charge is -1.95. The molecule has 4 nitrogen and oxygen atoms in total. The van der Waals surface area contributed by atoms with Gasteiger partial charge < -0.3 is 0 Å². The lowest BCUT2D eigenvalue weighted by Crippen LogP contribution is -2.07. The molecular formula is C10H9N3OS. The topological polar surface area (TPSA) is 55.7 Å². The molecule has 0 N–H and O–H groups in total. The average molecular weight is 219 g/mol. The maximum absolute atomic E-state index is 11.8. The van der Waals surface area contributed by atoms with Crippen LogP contribution in [-0.4, -0.2) is 20.7 Å². The summed E-state index contributed by atoms with van der Waals surface area (Å²) in [5.41, 5.74) is 1.35. The van der Waals surface area contributed by atoms with Crippen LogP contribution in [-0.2, 0) is 0 Å². The van der Waals surface area contributed by atoms with E-state index in [9.17, 15) is 4.79 Å². The van der Waals surface area contributed by atoms with Crippen molar-refractivity contribution in [2.45, 2.75) is 13.8 Å². The first-order valence-electron chi connectivity index (χ1n) is 4.42. The summed E-state index contributed by atoms with van der Waals surface area (Å²) in [5.74, 6) is -0.0229. The molecule has 76 valence electrons. The van der Waals surface area contributed by atoms with Gasteiger partial charge in [-0.1, -0.05) is 0 Å². The number of thiazole rings is 1. The number of aryl methyl sites for hydroxylation is 2. The number of aromatic nitrogens is 3. The Hall–Kier alpha value is -1.62. The number of hydrogen-bond acceptors (Lipinski definition) is 5. The number of nitrogens with zero attached hydrogens (tertiary/aromatic N) is 3. The smallest absolute Gasteiger partial charge is 0.249 e. The third kappa shape index (κ3) is 2.07. The van der Waals surface area contributed by atoms with Gasteiger partial charge in [-0.15, -0.1) is 11.3 Å². The van der Waals surface area contributed by atoms with E-state index in [1.807, 2.05) is 13.8 Å². The fourth-order valence-corrected chi connectivity index (χ4v) is 1.69. The number of carbonyl (C=O) groups excluding carboxylic acids is 1. The molecule has 0 aliphatic heterocycles. The van der Waals surface area contributed by atoms with E-state index in [4.69, 9.17) is 0 Å². The maximum atomic E-state index is 11.8. The summed E-state index contributed by atoms with van der Waals surface area (Å²) in [6, 6.07) is 0. The molecule has 0 radical (unpaired) electrons. The second-order valence-electron chi connectivity index (χ2n) is 3.16. The third-order valence-electron chi connectivity index (χ3n) is 1.84. The lowest BCUT2D eigenvalue weighted by molar-refractivity contribution is 0.102. The van der Waals surface area contributed by atoms with Crippen LogP contribution in [0.3, 0.4) is 0 Å². The average Bonchev–Trinajstić information content (AvgIpc) is 2.65. The van der Waals surface area contributed by atoms with Crippen molar-refractivity contribution in [3.05, 3.63) is 39.9 Å². The summed E-state index contributed by atoms with van der Waals surface area (Å²) in [6.45, 7) is 3.73. The number of carbonyl (C=O) groups is 1. The summed E-state index contributed by atoms with van der Waals surface area (Å²) < 4.78 is 0. The van der Waals surface area contributed by atoms with Crippen molar-refractivity contribution in [2.24, 2.45) is 0 Å². The highest BCUT2D eigenvalue weighted by Crippen LogP contribution is 2.10. The van der Waals surface area contributed by atoms with Crippen molar-refractivity contribution in [2.75, 3.05) is 0 Å². The summed E-state index contributed by atoms with van der Waals surface area (Å²) >= 11 is 1.44. The minimum atomic E-state index is -0.223. The highest BCUT2D eigenvalue weighted by Gasteiger charge is 2.14. The lowest BCUT2D eigenvalue weighted by atomic mass is 10.3. The first-order valence-corrected chi connectivity index (χ1v) is 5.30. The molecule has 0 spiro atoms. The zero-order valence-corrected chi connectivity index (χ0v) is 9.21. The Morgan fingerprint density at radius 3 is 2.47 bits per heavy atom. The van der Waals surface area contributed by atoms with Gasteiger partial charge >= 0.3 is 0 Å². The zero-order valence-electron chi connectivity index (χ0n) is 8.39. The largest absolute Gasteiger partial charge is 0.283 e. The van der Waals surface area contributed by atoms with E-state index in [2.05, 4.69) is 15.0 Å². The molecule has 0 atom stereocenters. The summed E-state index contributed by atoms with van der Waals surface area (Å²) in [4.78, 5) is 23.8. The predicted octanol–water partition coefficient (Wildman–Crippen LogP) is 1.78. The molecule has 0 aliphatic rings.